The number of esters is 2. The van der Waals surface area contributed by atoms with E-state index in [1.54, 1.807) is 0 Å². The molecule has 1 atom stereocenters. The molecule has 1 aromatic carbocycles. The molecule has 1 heterocycles. The van der Waals surface area contributed by atoms with Gasteiger partial charge in [0.1, 0.15) is 6.04 Å². The number of methoxy groups -OCH3 is 2. The zero-order valence-corrected chi connectivity index (χ0v) is 12.5. The van der Waals surface area contributed by atoms with E-state index in [0.29, 0.717) is 0 Å². The SMILES string of the molecule is COC(=O)c1ccc(C(=O)OC)c(NC(=O)C2CC(=O)NN2)c1. The van der Waals surface area contributed by atoms with Crippen molar-refractivity contribution in [3.63, 3.8) is 0 Å². The third-order valence-electron chi connectivity index (χ3n) is 3.20. The Bertz CT molecular complexity index is 672. The summed E-state index contributed by atoms with van der Waals surface area (Å²) in [5.74, 6) is -2.14. The van der Waals surface area contributed by atoms with Crippen LogP contribution in [0.15, 0.2) is 18.2 Å². The van der Waals surface area contributed by atoms with Crippen LogP contribution in [-0.2, 0) is 19.1 Å². The van der Waals surface area contributed by atoms with Crippen LogP contribution in [-0.4, -0.2) is 44.0 Å². The largest absolute Gasteiger partial charge is 0.465 e. The second-order valence-corrected chi connectivity index (χ2v) is 4.68. The number of hydrogen-bond acceptors (Lipinski definition) is 7. The summed E-state index contributed by atoms with van der Waals surface area (Å²) < 4.78 is 9.24. The molecular weight excluding hydrogens is 306 g/mol. The van der Waals surface area contributed by atoms with Gasteiger partial charge in [-0.15, -0.1) is 0 Å². The summed E-state index contributed by atoms with van der Waals surface area (Å²) in [6.07, 6.45) is -0.0317. The first-order chi connectivity index (χ1) is 11.0. The van der Waals surface area contributed by atoms with Crippen LogP contribution in [0.2, 0.25) is 0 Å². The maximum atomic E-state index is 12.1. The highest BCUT2D eigenvalue weighted by Gasteiger charge is 2.28. The van der Waals surface area contributed by atoms with Gasteiger partial charge in [0.15, 0.2) is 0 Å². The van der Waals surface area contributed by atoms with Gasteiger partial charge in [0.25, 0.3) is 0 Å². The van der Waals surface area contributed by atoms with Gasteiger partial charge in [-0.05, 0) is 18.2 Å². The Morgan fingerprint density at radius 3 is 2.43 bits per heavy atom. The van der Waals surface area contributed by atoms with E-state index in [9.17, 15) is 19.2 Å². The molecule has 1 aliphatic heterocycles. The van der Waals surface area contributed by atoms with Gasteiger partial charge >= 0.3 is 11.9 Å². The van der Waals surface area contributed by atoms with E-state index >= 15 is 0 Å². The second kappa shape index (κ2) is 6.88. The van der Waals surface area contributed by atoms with E-state index < -0.39 is 23.9 Å². The number of carbonyl (C=O) groups excluding carboxylic acids is 4. The molecule has 0 aliphatic carbocycles. The molecule has 0 aromatic heterocycles. The number of anilines is 1. The first-order valence-corrected chi connectivity index (χ1v) is 6.62. The maximum Gasteiger partial charge on any atom is 0.339 e. The maximum absolute atomic E-state index is 12.1. The molecule has 23 heavy (non-hydrogen) atoms. The number of ether oxygens (including phenoxy) is 2. The molecule has 1 unspecified atom stereocenters. The van der Waals surface area contributed by atoms with Crippen molar-refractivity contribution in [2.45, 2.75) is 12.5 Å². The van der Waals surface area contributed by atoms with Crippen LogP contribution in [0.5, 0.6) is 0 Å². The normalized spacial score (nSPS) is 16.4. The summed E-state index contributed by atoms with van der Waals surface area (Å²) in [6.45, 7) is 0. The Morgan fingerprint density at radius 1 is 1.17 bits per heavy atom. The predicted molar refractivity (Wildman–Crippen MR) is 77.4 cm³/mol. The Labute approximate surface area is 131 Å². The molecule has 1 fully saturated rings. The second-order valence-electron chi connectivity index (χ2n) is 4.68. The summed E-state index contributed by atoms with van der Waals surface area (Å²) in [7, 11) is 2.41. The average molecular weight is 321 g/mol. The van der Waals surface area contributed by atoms with Crippen molar-refractivity contribution in [1.82, 2.24) is 10.9 Å². The van der Waals surface area contributed by atoms with Gasteiger partial charge in [0.2, 0.25) is 11.8 Å². The van der Waals surface area contributed by atoms with Crippen LogP contribution in [0.25, 0.3) is 0 Å². The molecule has 9 nitrogen and oxygen atoms in total. The van der Waals surface area contributed by atoms with Gasteiger partial charge in [-0.3, -0.25) is 15.0 Å². The van der Waals surface area contributed by atoms with Crippen LogP contribution in [0.4, 0.5) is 5.69 Å². The number of nitrogens with one attached hydrogen (secondary N) is 3. The highest BCUT2D eigenvalue weighted by atomic mass is 16.5. The Morgan fingerprint density at radius 2 is 1.87 bits per heavy atom. The third-order valence-corrected chi connectivity index (χ3v) is 3.20. The van der Waals surface area contributed by atoms with Gasteiger partial charge in [0, 0.05) is 0 Å². The molecule has 1 saturated heterocycles. The van der Waals surface area contributed by atoms with Crippen molar-refractivity contribution in [2.24, 2.45) is 0 Å². The molecule has 2 amide bonds. The average Bonchev–Trinajstić information content (AvgIpc) is 3.00. The van der Waals surface area contributed by atoms with Crippen LogP contribution in [0, 0.1) is 0 Å². The Balaban J connectivity index is 2.29. The Hall–Kier alpha value is -2.94. The van der Waals surface area contributed by atoms with Gasteiger partial charge in [-0.25, -0.2) is 15.0 Å². The summed E-state index contributed by atoms with van der Waals surface area (Å²) >= 11 is 0. The highest BCUT2D eigenvalue weighted by Crippen LogP contribution is 2.20. The van der Waals surface area contributed by atoms with Crippen molar-refractivity contribution in [1.29, 1.82) is 0 Å². The fourth-order valence-electron chi connectivity index (χ4n) is 2.01. The molecule has 1 aromatic rings. The van der Waals surface area contributed by atoms with Gasteiger partial charge in [-0.2, -0.15) is 0 Å². The molecule has 0 saturated carbocycles. The fraction of sp³-hybridized carbons (Fsp3) is 0.286. The summed E-state index contributed by atoms with van der Waals surface area (Å²) in [6, 6.07) is 3.25. The van der Waals surface area contributed by atoms with E-state index in [2.05, 4.69) is 25.6 Å². The Kier molecular flexibility index (Phi) is 4.91. The number of hydrogen-bond donors (Lipinski definition) is 3. The van der Waals surface area contributed by atoms with E-state index in [-0.39, 0.29) is 29.1 Å². The van der Waals surface area contributed by atoms with Crippen LogP contribution < -0.4 is 16.2 Å². The predicted octanol–water partition coefficient (Wildman–Crippen LogP) is -0.409. The molecule has 3 N–H and O–H groups in total. The van der Waals surface area contributed by atoms with E-state index in [1.165, 1.54) is 32.4 Å². The minimum Gasteiger partial charge on any atom is -0.465 e. The monoisotopic (exact) mass is 321 g/mol. The summed E-state index contributed by atoms with van der Waals surface area (Å²) in [4.78, 5) is 46.6. The zero-order valence-electron chi connectivity index (χ0n) is 12.5. The first kappa shape index (κ1) is 16.4. The lowest BCUT2D eigenvalue weighted by Crippen LogP contribution is -2.40. The van der Waals surface area contributed by atoms with Crippen molar-refractivity contribution in [3.05, 3.63) is 29.3 Å². The molecule has 9 heteroatoms. The third kappa shape index (κ3) is 3.64. The van der Waals surface area contributed by atoms with Crippen molar-refractivity contribution in [2.75, 3.05) is 19.5 Å². The quantitative estimate of drug-likeness (QED) is 0.644. The topological polar surface area (TPSA) is 123 Å². The number of benzene rings is 1. The lowest BCUT2D eigenvalue weighted by molar-refractivity contribution is -0.121. The van der Waals surface area contributed by atoms with Gasteiger partial charge in [-0.1, -0.05) is 0 Å². The number of amides is 2. The van der Waals surface area contributed by atoms with Crippen LogP contribution in [0.1, 0.15) is 27.1 Å². The molecule has 0 radical (unpaired) electrons. The minimum absolute atomic E-state index is 0.0317. The number of hydrazine groups is 1. The fourth-order valence-corrected chi connectivity index (χ4v) is 2.01. The van der Waals surface area contributed by atoms with Crippen LogP contribution in [0.3, 0.4) is 0 Å². The minimum atomic E-state index is -0.783. The lowest BCUT2D eigenvalue weighted by atomic mass is 10.1. The van der Waals surface area contributed by atoms with Crippen LogP contribution >= 0.6 is 0 Å². The van der Waals surface area contributed by atoms with Crippen molar-refractivity contribution < 1.29 is 28.7 Å². The molecule has 122 valence electrons. The summed E-state index contributed by atoms with van der Waals surface area (Å²) in [5.41, 5.74) is 5.15. The molecule has 2 rings (SSSR count). The molecular formula is C14H15N3O6. The van der Waals surface area contributed by atoms with Gasteiger partial charge < -0.3 is 14.8 Å². The van der Waals surface area contributed by atoms with E-state index in [1.807, 2.05) is 0 Å². The standard InChI is InChI=1S/C14H15N3O6/c1-22-13(20)7-3-4-8(14(21)23-2)9(5-7)15-12(19)10-6-11(18)17-16-10/h3-5,10,16H,6H2,1-2H3,(H,15,19)(H,17,18). The smallest absolute Gasteiger partial charge is 0.339 e. The zero-order chi connectivity index (χ0) is 17.0. The van der Waals surface area contributed by atoms with E-state index in [4.69, 9.17) is 0 Å². The number of rotatable bonds is 4. The summed E-state index contributed by atoms with van der Waals surface area (Å²) in [5, 5.41) is 2.51. The van der Waals surface area contributed by atoms with E-state index in [0.717, 1.165) is 0 Å². The van der Waals surface area contributed by atoms with Crippen molar-refractivity contribution >= 4 is 29.4 Å². The van der Waals surface area contributed by atoms with Crippen molar-refractivity contribution in [3.8, 4) is 0 Å². The highest BCUT2D eigenvalue weighted by molar-refractivity contribution is 6.05. The number of carbonyl (C=O) groups is 4. The first-order valence-electron chi connectivity index (χ1n) is 6.62. The molecule has 1 aliphatic rings. The lowest BCUT2D eigenvalue weighted by Gasteiger charge is -2.13. The molecule has 0 bridgehead atoms. The van der Waals surface area contributed by atoms with Gasteiger partial charge in [0.05, 0.1) is 37.5 Å². The molecule has 0 spiro atoms.